The molecule has 3 rings (SSSR count). The first-order valence-corrected chi connectivity index (χ1v) is 9.33. The molecule has 0 amide bonds. The summed E-state index contributed by atoms with van der Waals surface area (Å²) in [5.41, 5.74) is 1.59. The monoisotopic (exact) mass is 413 g/mol. The Labute approximate surface area is 173 Å². The Hall–Kier alpha value is -3.48. The summed E-state index contributed by atoms with van der Waals surface area (Å²) >= 11 is 0. The molecule has 0 fully saturated rings. The van der Waals surface area contributed by atoms with Crippen LogP contribution in [0.2, 0.25) is 0 Å². The molecular formula is C23H22F3N3O. The lowest BCUT2D eigenvalue weighted by Crippen LogP contribution is -2.30. The average molecular weight is 413 g/mol. The Kier molecular flexibility index (Phi) is 6.95. The molecule has 7 heteroatoms. The van der Waals surface area contributed by atoms with Crippen LogP contribution >= 0.6 is 0 Å². The molecule has 0 aliphatic rings. The van der Waals surface area contributed by atoms with Gasteiger partial charge in [0.05, 0.1) is 19.2 Å². The number of guanidine groups is 1. The number of nitrogens with one attached hydrogen (secondary N) is 2. The van der Waals surface area contributed by atoms with Gasteiger partial charge in [0.15, 0.2) is 5.96 Å². The predicted molar refractivity (Wildman–Crippen MR) is 112 cm³/mol. The molecule has 0 atom stereocenters. The lowest BCUT2D eigenvalue weighted by Gasteiger charge is -2.14. The summed E-state index contributed by atoms with van der Waals surface area (Å²) in [6.07, 6.45) is -4.38. The van der Waals surface area contributed by atoms with Crippen molar-refractivity contribution in [3.05, 3.63) is 95.6 Å². The Balaban J connectivity index is 1.76. The van der Waals surface area contributed by atoms with Gasteiger partial charge >= 0.3 is 6.18 Å². The molecule has 3 aromatic carbocycles. The van der Waals surface area contributed by atoms with Gasteiger partial charge < -0.3 is 15.4 Å². The fraction of sp³-hybridized carbons (Fsp3) is 0.174. The number of methoxy groups -OCH3 is 1. The van der Waals surface area contributed by atoms with Crippen LogP contribution in [0, 0.1) is 0 Å². The molecule has 4 nitrogen and oxygen atoms in total. The predicted octanol–water partition coefficient (Wildman–Crippen LogP) is 5.47. The van der Waals surface area contributed by atoms with Crippen LogP contribution in [0.1, 0.15) is 16.7 Å². The van der Waals surface area contributed by atoms with Gasteiger partial charge in [0, 0.05) is 12.2 Å². The minimum absolute atomic E-state index is 0.101. The normalized spacial score (nSPS) is 11.8. The first-order chi connectivity index (χ1) is 14.4. The van der Waals surface area contributed by atoms with Gasteiger partial charge in [-0.15, -0.1) is 0 Å². The van der Waals surface area contributed by atoms with Crippen LogP contribution in [-0.4, -0.2) is 13.1 Å². The third-order valence-corrected chi connectivity index (χ3v) is 4.30. The number of halogens is 3. The summed E-state index contributed by atoms with van der Waals surface area (Å²) in [6.45, 7) is 0.572. The SMILES string of the molecule is COc1cccc(CNC(=NCc2cccc(C(F)(F)F)c2)Nc2ccccc2)c1. The smallest absolute Gasteiger partial charge is 0.416 e. The molecule has 0 aromatic heterocycles. The zero-order valence-electron chi connectivity index (χ0n) is 16.4. The van der Waals surface area contributed by atoms with Gasteiger partial charge in [-0.05, 0) is 47.5 Å². The van der Waals surface area contributed by atoms with Crippen molar-refractivity contribution >= 4 is 11.6 Å². The van der Waals surface area contributed by atoms with Gasteiger partial charge in [0.2, 0.25) is 0 Å². The van der Waals surface area contributed by atoms with E-state index in [1.807, 2.05) is 54.6 Å². The lowest BCUT2D eigenvalue weighted by molar-refractivity contribution is -0.137. The molecule has 2 N–H and O–H groups in total. The number of nitrogens with zero attached hydrogens (tertiary/aromatic N) is 1. The van der Waals surface area contributed by atoms with Crippen molar-refractivity contribution in [3.8, 4) is 5.75 Å². The van der Waals surface area contributed by atoms with Gasteiger partial charge in [-0.1, -0.05) is 42.5 Å². The summed E-state index contributed by atoms with van der Waals surface area (Å²) in [6, 6.07) is 22.2. The molecule has 3 aromatic rings. The highest BCUT2D eigenvalue weighted by atomic mass is 19.4. The number of rotatable bonds is 6. The Morgan fingerprint density at radius 1 is 0.900 bits per heavy atom. The maximum Gasteiger partial charge on any atom is 0.416 e. The number of aliphatic imine (C=N–C) groups is 1. The average Bonchev–Trinajstić information content (AvgIpc) is 2.76. The van der Waals surface area contributed by atoms with Crippen molar-refractivity contribution in [1.29, 1.82) is 0 Å². The second-order valence-corrected chi connectivity index (χ2v) is 6.56. The molecule has 0 aliphatic heterocycles. The molecule has 0 spiro atoms. The van der Waals surface area contributed by atoms with Gasteiger partial charge in [-0.2, -0.15) is 13.2 Å². The summed E-state index contributed by atoms with van der Waals surface area (Å²) in [5, 5.41) is 6.39. The van der Waals surface area contributed by atoms with Crippen molar-refractivity contribution in [2.45, 2.75) is 19.3 Å². The second-order valence-electron chi connectivity index (χ2n) is 6.56. The quantitative estimate of drug-likeness (QED) is 0.416. The standard InChI is InChI=1S/C23H22F3N3O/c1-30-21-12-6-8-18(14-21)16-28-22(29-20-10-3-2-4-11-20)27-15-17-7-5-9-19(13-17)23(24,25)26/h2-14H,15-16H2,1H3,(H2,27,28,29). The Morgan fingerprint density at radius 2 is 1.63 bits per heavy atom. The van der Waals surface area contributed by atoms with E-state index < -0.39 is 11.7 Å². The molecule has 0 saturated carbocycles. The maximum atomic E-state index is 13.0. The molecule has 0 bridgehead atoms. The fourth-order valence-electron chi connectivity index (χ4n) is 2.78. The zero-order chi connectivity index (χ0) is 21.4. The fourth-order valence-corrected chi connectivity index (χ4v) is 2.78. The summed E-state index contributed by atoms with van der Waals surface area (Å²) in [5.74, 6) is 1.20. The highest BCUT2D eigenvalue weighted by molar-refractivity contribution is 5.93. The molecule has 0 saturated heterocycles. The van der Waals surface area contributed by atoms with E-state index in [-0.39, 0.29) is 6.54 Å². The van der Waals surface area contributed by atoms with Crippen LogP contribution in [0.3, 0.4) is 0 Å². The van der Waals surface area contributed by atoms with Crippen LogP contribution < -0.4 is 15.4 Å². The van der Waals surface area contributed by atoms with E-state index in [2.05, 4.69) is 15.6 Å². The molecule has 156 valence electrons. The third kappa shape index (κ3) is 6.27. The van der Waals surface area contributed by atoms with E-state index in [4.69, 9.17) is 4.74 Å². The van der Waals surface area contributed by atoms with E-state index in [0.29, 0.717) is 18.1 Å². The third-order valence-electron chi connectivity index (χ3n) is 4.30. The van der Waals surface area contributed by atoms with Crippen LogP contribution in [-0.2, 0) is 19.3 Å². The molecular weight excluding hydrogens is 391 g/mol. The van der Waals surface area contributed by atoms with E-state index in [1.165, 1.54) is 6.07 Å². The lowest BCUT2D eigenvalue weighted by atomic mass is 10.1. The van der Waals surface area contributed by atoms with Gasteiger partial charge in [0.1, 0.15) is 5.75 Å². The van der Waals surface area contributed by atoms with E-state index >= 15 is 0 Å². The number of hydrogen-bond donors (Lipinski definition) is 2. The van der Waals surface area contributed by atoms with Crippen LogP contribution in [0.25, 0.3) is 0 Å². The van der Waals surface area contributed by atoms with Crippen LogP contribution in [0.15, 0.2) is 83.9 Å². The van der Waals surface area contributed by atoms with Crippen LogP contribution in [0.5, 0.6) is 5.75 Å². The summed E-state index contributed by atoms with van der Waals surface area (Å²) < 4.78 is 44.1. The number of ether oxygens (including phenoxy) is 1. The molecule has 0 radical (unpaired) electrons. The molecule has 0 heterocycles. The first-order valence-electron chi connectivity index (χ1n) is 9.33. The van der Waals surface area contributed by atoms with E-state index in [0.717, 1.165) is 29.1 Å². The summed E-state index contributed by atoms with van der Waals surface area (Å²) in [7, 11) is 1.60. The zero-order valence-corrected chi connectivity index (χ0v) is 16.4. The number of hydrogen-bond acceptors (Lipinski definition) is 2. The van der Waals surface area contributed by atoms with Crippen molar-refractivity contribution in [1.82, 2.24) is 5.32 Å². The Morgan fingerprint density at radius 3 is 2.37 bits per heavy atom. The van der Waals surface area contributed by atoms with Gasteiger partial charge in [-0.3, -0.25) is 0 Å². The first kappa shape index (κ1) is 21.2. The molecule has 0 aliphatic carbocycles. The minimum Gasteiger partial charge on any atom is -0.497 e. The van der Waals surface area contributed by atoms with Crippen molar-refractivity contribution < 1.29 is 17.9 Å². The number of benzene rings is 3. The topological polar surface area (TPSA) is 45.6 Å². The highest BCUT2D eigenvalue weighted by Crippen LogP contribution is 2.29. The second kappa shape index (κ2) is 9.82. The van der Waals surface area contributed by atoms with Gasteiger partial charge in [0.25, 0.3) is 0 Å². The maximum absolute atomic E-state index is 13.0. The molecule has 30 heavy (non-hydrogen) atoms. The van der Waals surface area contributed by atoms with Crippen molar-refractivity contribution in [3.63, 3.8) is 0 Å². The molecule has 0 unspecified atom stereocenters. The van der Waals surface area contributed by atoms with E-state index in [9.17, 15) is 13.2 Å². The number of alkyl halides is 3. The van der Waals surface area contributed by atoms with Gasteiger partial charge in [-0.25, -0.2) is 4.99 Å². The van der Waals surface area contributed by atoms with Crippen molar-refractivity contribution in [2.75, 3.05) is 12.4 Å². The van der Waals surface area contributed by atoms with E-state index in [1.54, 1.807) is 13.2 Å². The minimum atomic E-state index is -4.38. The van der Waals surface area contributed by atoms with Crippen molar-refractivity contribution in [2.24, 2.45) is 4.99 Å². The number of para-hydroxylation sites is 1. The summed E-state index contributed by atoms with van der Waals surface area (Å²) in [4.78, 5) is 4.47. The number of anilines is 1. The van der Waals surface area contributed by atoms with Crippen LogP contribution in [0.4, 0.5) is 18.9 Å². The highest BCUT2D eigenvalue weighted by Gasteiger charge is 2.30. The largest absolute Gasteiger partial charge is 0.497 e. The Bertz CT molecular complexity index is 988.